The Morgan fingerprint density at radius 3 is 2.36 bits per heavy atom. The van der Waals surface area contributed by atoms with Crippen LogP contribution < -0.4 is 10.5 Å². The zero-order valence-electron chi connectivity index (χ0n) is 11.6. The van der Waals surface area contributed by atoms with Gasteiger partial charge in [-0.05, 0) is 29.8 Å². The molecule has 3 rings (SSSR count). The number of para-hydroxylation sites is 1. The van der Waals surface area contributed by atoms with E-state index in [1.807, 2.05) is 54.6 Å². The maximum Gasteiger partial charge on any atom is 0.315 e. The number of rotatable bonds is 5. The molecule has 0 atom stereocenters. The summed E-state index contributed by atoms with van der Waals surface area (Å²) in [5, 5.41) is 3.70. The number of aromatic nitrogens is 2. The van der Waals surface area contributed by atoms with Gasteiger partial charge in [0.05, 0.1) is 0 Å². The maximum atomic E-state index is 10.9. The van der Waals surface area contributed by atoms with Crippen molar-refractivity contribution in [2.24, 2.45) is 5.73 Å². The molecule has 0 saturated carbocycles. The molecule has 0 spiro atoms. The average molecular weight is 295 g/mol. The maximum absolute atomic E-state index is 10.9. The largest absolute Gasteiger partial charge is 0.457 e. The highest BCUT2D eigenvalue weighted by atomic mass is 16.5. The van der Waals surface area contributed by atoms with Gasteiger partial charge in [-0.25, -0.2) is 0 Å². The average Bonchev–Trinajstić information content (AvgIpc) is 2.99. The van der Waals surface area contributed by atoms with Crippen molar-refractivity contribution < 1.29 is 14.1 Å². The summed E-state index contributed by atoms with van der Waals surface area (Å²) in [4.78, 5) is 14.8. The standard InChI is InChI=1S/C16H13N3O3/c17-15(20)16-18-14(19-22-16)10-11-6-8-13(9-7-11)21-12-4-2-1-3-5-12/h1-9H,10H2,(H2,17,20). The first kappa shape index (κ1) is 13.8. The van der Waals surface area contributed by atoms with Crippen molar-refractivity contribution >= 4 is 5.91 Å². The third kappa shape index (κ3) is 3.29. The molecule has 0 aliphatic carbocycles. The molecular weight excluding hydrogens is 282 g/mol. The van der Waals surface area contributed by atoms with E-state index in [0.29, 0.717) is 12.2 Å². The Labute approximate surface area is 126 Å². The molecule has 6 heteroatoms. The van der Waals surface area contributed by atoms with Crippen LogP contribution in [0.25, 0.3) is 0 Å². The predicted molar refractivity (Wildman–Crippen MR) is 78.6 cm³/mol. The molecule has 2 N–H and O–H groups in total. The summed E-state index contributed by atoms with van der Waals surface area (Å²) in [5.74, 6) is 1.01. The molecule has 0 saturated heterocycles. The zero-order valence-corrected chi connectivity index (χ0v) is 11.6. The number of carbonyl (C=O) groups is 1. The van der Waals surface area contributed by atoms with Crippen LogP contribution in [0.3, 0.4) is 0 Å². The quantitative estimate of drug-likeness (QED) is 0.781. The molecule has 0 aliphatic heterocycles. The van der Waals surface area contributed by atoms with Crippen molar-refractivity contribution in [3.8, 4) is 11.5 Å². The molecule has 22 heavy (non-hydrogen) atoms. The van der Waals surface area contributed by atoms with Crippen molar-refractivity contribution in [3.63, 3.8) is 0 Å². The Morgan fingerprint density at radius 1 is 1.05 bits per heavy atom. The minimum absolute atomic E-state index is 0.181. The van der Waals surface area contributed by atoms with Gasteiger partial charge in [-0.1, -0.05) is 35.5 Å². The van der Waals surface area contributed by atoms with Crippen LogP contribution in [0.1, 0.15) is 22.1 Å². The van der Waals surface area contributed by atoms with E-state index in [4.69, 9.17) is 15.0 Å². The molecule has 0 aliphatic rings. The summed E-state index contributed by atoms with van der Waals surface area (Å²) < 4.78 is 10.4. The minimum Gasteiger partial charge on any atom is -0.457 e. The molecule has 0 fully saturated rings. The van der Waals surface area contributed by atoms with Crippen LogP contribution in [0.4, 0.5) is 0 Å². The fourth-order valence-corrected chi connectivity index (χ4v) is 1.91. The van der Waals surface area contributed by atoms with Crippen LogP contribution in [0.2, 0.25) is 0 Å². The number of carbonyl (C=O) groups excluding carboxylic acids is 1. The number of nitrogens with two attached hydrogens (primary N) is 1. The van der Waals surface area contributed by atoms with Gasteiger partial charge in [-0.2, -0.15) is 4.98 Å². The van der Waals surface area contributed by atoms with Gasteiger partial charge in [0.2, 0.25) is 0 Å². The van der Waals surface area contributed by atoms with E-state index in [1.165, 1.54) is 0 Å². The number of hydrogen-bond acceptors (Lipinski definition) is 5. The summed E-state index contributed by atoms with van der Waals surface area (Å²) in [7, 11) is 0. The van der Waals surface area contributed by atoms with Crippen molar-refractivity contribution in [2.45, 2.75) is 6.42 Å². The molecule has 6 nitrogen and oxygen atoms in total. The molecule has 0 radical (unpaired) electrons. The summed E-state index contributed by atoms with van der Waals surface area (Å²) in [6.45, 7) is 0. The topological polar surface area (TPSA) is 91.2 Å². The molecule has 2 aromatic carbocycles. The third-order valence-corrected chi connectivity index (χ3v) is 2.94. The Balaban J connectivity index is 1.67. The van der Waals surface area contributed by atoms with Gasteiger partial charge in [0.15, 0.2) is 5.82 Å². The van der Waals surface area contributed by atoms with Gasteiger partial charge in [0.1, 0.15) is 11.5 Å². The predicted octanol–water partition coefficient (Wildman–Crippen LogP) is 2.55. The monoisotopic (exact) mass is 295 g/mol. The van der Waals surface area contributed by atoms with Crippen LogP contribution in [0, 0.1) is 0 Å². The van der Waals surface area contributed by atoms with E-state index >= 15 is 0 Å². The number of primary amides is 1. The summed E-state index contributed by atoms with van der Waals surface area (Å²) >= 11 is 0. The molecule has 3 aromatic rings. The summed E-state index contributed by atoms with van der Waals surface area (Å²) in [6, 6.07) is 17.1. The summed E-state index contributed by atoms with van der Waals surface area (Å²) in [6.07, 6.45) is 0.447. The fourth-order valence-electron chi connectivity index (χ4n) is 1.91. The molecule has 1 aromatic heterocycles. The lowest BCUT2D eigenvalue weighted by Gasteiger charge is -2.05. The fraction of sp³-hybridized carbons (Fsp3) is 0.0625. The second-order valence-corrected chi connectivity index (χ2v) is 4.62. The van der Waals surface area contributed by atoms with E-state index in [2.05, 4.69) is 10.1 Å². The zero-order chi connectivity index (χ0) is 15.4. The van der Waals surface area contributed by atoms with Crippen molar-refractivity contribution in [2.75, 3.05) is 0 Å². The summed E-state index contributed by atoms with van der Waals surface area (Å²) in [5.41, 5.74) is 6.03. The molecule has 110 valence electrons. The van der Waals surface area contributed by atoms with Crippen LogP contribution >= 0.6 is 0 Å². The first-order chi connectivity index (χ1) is 10.7. The van der Waals surface area contributed by atoms with Gasteiger partial charge in [0, 0.05) is 6.42 Å². The highest BCUT2D eigenvalue weighted by Gasteiger charge is 2.11. The molecule has 0 unspecified atom stereocenters. The van der Waals surface area contributed by atoms with E-state index in [1.54, 1.807) is 0 Å². The lowest BCUT2D eigenvalue weighted by atomic mass is 10.1. The van der Waals surface area contributed by atoms with Gasteiger partial charge < -0.3 is 15.0 Å². The Morgan fingerprint density at radius 2 is 1.73 bits per heavy atom. The minimum atomic E-state index is -0.731. The van der Waals surface area contributed by atoms with E-state index < -0.39 is 5.91 Å². The highest BCUT2D eigenvalue weighted by Crippen LogP contribution is 2.21. The van der Waals surface area contributed by atoms with Gasteiger partial charge in [-0.3, -0.25) is 4.79 Å². The van der Waals surface area contributed by atoms with E-state index in [0.717, 1.165) is 17.1 Å². The van der Waals surface area contributed by atoms with Crippen LogP contribution in [-0.4, -0.2) is 16.0 Å². The van der Waals surface area contributed by atoms with Crippen LogP contribution in [0.15, 0.2) is 59.1 Å². The number of amides is 1. The normalized spacial score (nSPS) is 10.4. The third-order valence-electron chi connectivity index (χ3n) is 2.94. The first-order valence-electron chi connectivity index (χ1n) is 6.65. The van der Waals surface area contributed by atoms with Crippen molar-refractivity contribution in [3.05, 3.63) is 71.9 Å². The van der Waals surface area contributed by atoms with Crippen molar-refractivity contribution in [1.29, 1.82) is 0 Å². The number of hydrogen-bond donors (Lipinski definition) is 1. The Hall–Kier alpha value is -3.15. The van der Waals surface area contributed by atoms with Crippen LogP contribution in [0.5, 0.6) is 11.5 Å². The van der Waals surface area contributed by atoms with Gasteiger partial charge in [-0.15, -0.1) is 0 Å². The second-order valence-electron chi connectivity index (χ2n) is 4.62. The molecule has 1 amide bonds. The Bertz CT molecular complexity index is 767. The number of nitrogens with zero attached hydrogens (tertiary/aromatic N) is 2. The van der Waals surface area contributed by atoms with Crippen molar-refractivity contribution in [1.82, 2.24) is 10.1 Å². The second kappa shape index (κ2) is 6.09. The van der Waals surface area contributed by atoms with Gasteiger partial charge in [0.25, 0.3) is 0 Å². The van der Waals surface area contributed by atoms with E-state index in [9.17, 15) is 4.79 Å². The Kier molecular flexibility index (Phi) is 3.82. The lowest BCUT2D eigenvalue weighted by molar-refractivity contribution is 0.0958. The lowest BCUT2D eigenvalue weighted by Crippen LogP contribution is -2.11. The number of ether oxygens (including phenoxy) is 1. The first-order valence-corrected chi connectivity index (χ1v) is 6.65. The molecule has 0 bridgehead atoms. The SMILES string of the molecule is NC(=O)c1nc(Cc2ccc(Oc3ccccc3)cc2)no1. The highest BCUT2D eigenvalue weighted by molar-refractivity contribution is 5.87. The smallest absolute Gasteiger partial charge is 0.315 e. The number of benzene rings is 2. The molecule has 1 heterocycles. The van der Waals surface area contributed by atoms with Crippen LogP contribution in [-0.2, 0) is 6.42 Å². The molecular formula is C16H13N3O3. The van der Waals surface area contributed by atoms with E-state index in [-0.39, 0.29) is 5.89 Å². The van der Waals surface area contributed by atoms with Gasteiger partial charge >= 0.3 is 11.8 Å².